The Bertz CT molecular complexity index is 163. The topological polar surface area (TPSA) is 72.8 Å². The molecule has 0 aromatic heterocycles. The van der Waals surface area contributed by atoms with Gasteiger partial charge in [0.05, 0.1) is 19.1 Å². The minimum atomic E-state index is -1.02. The molecule has 5 nitrogen and oxygen atoms in total. The molecule has 0 fully saturated rings. The van der Waals surface area contributed by atoms with Gasteiger partial charge in [0.25, 0.3) is 0 Å². The molecule has 0 saturated carbocycles. The van der Waals surface area contributed by atoms with Crippen LogP contribution in [-0.2, 0) is 14.3 Å². The van der Waals surface area contributed by atoms with Gasteiger partial charge in [-0.05, 0) is 13.8 Å². The van der Waals surface area contributed by atoms with E-state index in [1.807, 2.05) is 0 Å². The van der Waals surface area contributed by atoms with E-state index in [1.165, 1.54) is 6.92 Å². The van der Waals surface area contributed by atoms with Crippen molar-refractivity contribution in [2.24, 2.45) is 0 Å². The minimum absolute atomic E-state index is 0.154. The van der Waals surface area contributed by atoms with Crippen LogP contribution in [0.2, 0.25) is 0 Å². The zero-order valence-electron chi connectivity index (χ0n) is 7.07. The van der Waals surface area contributed by atoms with E-state index in [4.69, 9.17) is 5.11 Å². The smallest absolute Gasteiger partial charge is 0.434 e. The van der Waals surface area contributed by atoms with Crippen LogP contribution in [-0.4, -0.2) is 29.9 Å². The SMILES string of the molecule is CCOC(=O)OC(=O)CC(C)O. The Hall–Kier alpha value is -1.10. The minimum Gasteiger partial charge on any atom is -0.434 e. The molecule has 70 valence electrons. The summed E-state index contributed by atoms with van der Waals surface area (Å²) in [5.41, 5.74) is 0. The number of rotatable bonds is 3. The van der Waals surface area contributed by atoms with Gasteiger partial charge in [-0.1, -0.05) is 0 Å². The van der Waals surface area contributed by atoms with Crippen molar-refractivity contribution in [3.05, 3.63) is 0 Å². The molecule has 0 aliphatic heterocycles. The number of carbonyl (C=O) groups is 2. The first kappa shape index (κ1) is 10.9. The van der Waals surface area contributed by atoms with Crippen molar-refractivity contribution < 1.29 is 24.2 Å². The molecular weight excluding hydrogens is 164 g/mol. The molecular formula is C7H12O5. The normalized spacial score (nSPS) is 11.9. The second-order valence-electron chi connectivity index (χ2n) is 2.21. The Morgan fingerprint density at radius 2 is 2.08 bits per heavy atom. The fourth-order valence-corrected chi connectivity index (χ4v) is 0.523. The van der Waals surface area contributed by atoms with E-state index >= 15 is 0 Å². The summed E-state index contributed by atoms with van der Waals surface area (Å²) in [6.45, 7) is 3.17. The Balaban J connectivity index is 3.62. The Morgan fingerprint density at radius 3 is 2.50 bits per heavy atom. The summed E-state index contributed by atoms with van der Waals surface area (Å²) in [5, 5.41) is 8.71. The van der Waals surface area contributed by atoms with Crippen molar-refractivity contribution in [3.63, 3.8) is 0 Å². The molecule has 1 N–H and O–H groups in total. The lowest BCUT2D eigenvalue weighted by molar-refractivity contribution is -0.141. The highest BCUT2D eigenvalue weighted by atomic mass is 16.7. The van der Waals surface area contributed by atoms with Gasteiger partial charge < -0.3 is 14.6 Å². The summed E-state index contributed by atoms with van der Waals surface area (Å²) in [6.07, 6.45) is -2.05. The van der Waals surface area contributed by atoms with Crippen LogP contribution in [0.1, 0.15) is 20.3 Å². The monoisotopic (exact) mass is 176 g/mol. The number of hydrogen-bond donors (Lipinski definition) is 1. The molecule has 0 radical (unpaired) electrons. The Kier molecular flexibility index (Phi) is 5.03. The lowest BCUT2D eigenvalue weighted by atomic mass is 10.3. The molecule has 0 aromatic rings. The van der Waals surface area contributed by atoms with Crippen molar-refractivity contribution in [1.29, 1.82) is 0 Å². The molecule has 0 aromatic carbocycles. The number of hydrogen-bond acceptors (Lipinski definition) is 5. The molecule has 5 heteroatoms. The van der Waals surface area contributed by atoms with E-state index in [0.29, 0.717) is 0 Å². The average molecular weight is 176 g/mol. The first-order chi connectivity index (χ1) is 5.56. The molecule has 0 rings (SSSR count). The number of carbonyl (C=O) groups excluding carboxylic acids is 2. The van der Waals surface area contributed by atoms with E-state index < -0.39 is 18.2 Å². The van der Waals surface area contributed by atoms with Gasteiger partial charge >= 0.3 is 12.1 Å². The lowest BCUT2D eigenvalue weighted by Crippen LogP contribution is -2.17. The highest BCUT2D eigenvalue weighted by molar-refractivity contribution is 5.81. The number of aliphatic hydroxyl groups is 1. The Morgan fingerprint density at radius 1 is 1.50 bits per heavy atom. The third-order valence-corrected chi connectivity index (χ3v) is 0.921. The largest absolute Gasteiger partial charge is 0.516 e. The maximum Gasteiger partial charge on any atom is 0.516 e. The number of aliphatic hydroxyl groups excluding tert-OH is 1. The summed E-state index contributed by atoms with van der Waals surface area (Å²) in [5.74, 6) is -0.788. The van der Waals surface area contributed by atoms with Gasteiger partial charge in [0.1, 0.15) is 0 Å². The summed E-state index contributed by atoms with van der Waals surface area (Å²) < 4.78 is 8.47. The zero-order chi connectivity index (χ0) is 9.56. The summed E-state index contributed by atoms with van der Waals surface area (Å²) >= 11 is 0. The first-order valence-corrected chi connectivity index (χ1v) is 3.61. The lowest BCUT2D eigenvalue weighted by Gasteiger charge is -2.03. The summed E-state index contributed by atoms with van der Waals surface area (Å²) in [7, 11) is 0. The van der Waals surface area contributed by atoms with Crippen LogP contribution >= 0.6 is 0 Å². The summed E-state index contributed by atoms with van der Waals surface area (Å²) in [4.78, 5) is 21.1. The average Bonchev–Trinajstić information content (AvgIpc) is 1.84. The predicted octanol–water partition coefficient (Wildman–Crippen LogP) is 0.457. The molecule has 0 spiro atoms. The van der Waals surface area contributed by atoms with Crippen LogP contribution in [0.5, 0.6) is 0 Å². The van der Waals surface area contributed by atoms with Crippen molar-refractivity contribution in [2.75, 3.05) is 6.61 Å². The highest BCUT2D eigenvalue weighted by Crippen LogP contribution is 1.94. The van der Waals surface area contributed by atoms with E-state index in [0.717, 1.165) is 0 Å². The van der Waals surface area contributed by atoms with Crippen LogP contribution in [0.25, 0.3) is 0 Å². The zero-order valence-corrected chi connectivity index (χ0v) is 7.07. The molecule has 1 unspecified atom stereocenters. The number of ether oxygens (including phenoxy) is 2. The maximum atomic E-state index is 10.7. The fourth-order valence-electron chi connectivity index (χ4n) is 0.523. The Labute approximate surface area is 70.3 Å². The van der Waals surface area contributed by atoms with Gasteiger partial charge in [-0.3, -0.25) is 4.79 Å². The van der Waals surface area contributed by atoms with Crippen LogP contribution < -0.4 is 0 Å². The van der Waals surface area contributed by atoms with Crippen LogP contribution in [0.4, 0.5) is 4.79 Å². The molecule has 0 heterocycles. The van der Waals surface area contributed by atoms with Gasteiger partial charge in [-0.15, -0.1) is 0 Å². The molecule has 0 saturated heterocycles. The van der Waals surface area contributed by atoms with E-state index in [2.05, 4.69) is 9.47 Å². The van der Waals surface area contributed by atoms with Crippen LogP contribution in [0.15, 0.2) is 0 Å². The quantitative estimate of drug-likeness (QED) is 0.499. The first-order valence-electron chi connectivity index (χ1n) is 3.61. The summed E-state index contributed by atoms with van der Waals surface area (Å²) in [6, 6.07) is 0. The third-order valence-electron chi connectivity index (χ3n) is 0.921. The van der Waals surface area contributed by atoms with E-state index in [9.17, 15) is 9.59 Å². The van der Waals surface area contributed by atoms with Gasteiger partial charge in [0.15, 0.2) is 0 Å². The van der Waals surface area contributed by atoms with Crippen LogP contribution in [0, 0.1) is 0 Å². The molecule has 0 aliphatic carbocycles. The molecule has 0 bridgehead atoms. The predicted molar refractivity (Wildman–Crippen MR) is 39.4 cm³/mol. The molecule has 12 heavy (non-hydrogen) atoms. The second-order valence-corrected chi connectivity index (χ2v) is 2.21. The number of esters is 1. The van der Waals surface area contributed by atoms with Crippen LogP contribution in [0.3, 0.4) is 0 Å². The van der Waals surface area contributed by atoms with Gasteiger partial charge in [0.2, 0.25) is 0 Å². The molecule has 0 amide bonds. The van der Waals surface area contributed by atoms with Gasteiger partial charge in [-0.25, -0.2) is 4.79 Å². The maximum absolute atomic E-state index is 10.7. The third kappa shape index (κ3) is 5.67. The standard InChI is InChI=1S/C7H12O5/c1-3-11-7(10)12-6(9)4-5(2)8/h5,8H,3-4H2,1-2H3. The van der Waals surface area contributed by atoms with Crippen molar-refractivity contribution >= 4 is 12.1 Å². The van der Waals surface area contributed by atoms with Crippen molar-refractivity contribution in [3.8, 4) is 0 Å². The van der Waals surface area contributed by atoms with Gasteiger partial charge in [-0.2, -0.15) is 0 Å². The van der Waals surface area contributed by atoms with E-state index in [-0.39, 0.29) is 13.0 Å². The molecule has 1 atom stereocenters. The van der Waals surface area contributed by atoms with Crippen molar-refractivity contribution in [1.82, 2.24) is 0 Å². The highest BCUT2D eigenvalue weighted by Gasteiger charge is 2.12. The van der Waals surface area contributed by atoms with Crippen molar-refractivity contribution in [2.45, 2.75) is 26.4 Å². The molecule has 0 aliphatic rings. The van der Waals surface area contributed by atoms with Gasteiger partial charge in [0, 0.05) is 0 Å². The second kappa shape index (κ2) is 5.54. The van der Waals surface area contributed by atoms with E-state index in [1.54, 1.807) is 6.92 Å². The fraction of sp³-hybridized carbons (Fsp3) is 0.714.